The Bertz CT molecular complexity index is 842. The van der Waals surface area contributed by atoms with Gasteiger partial charge in [-0.15, -0.1) is 24.2 Å². The molecule has 0 aromatic carbocycles. The highest BCUT2D eigenvalue weighted by Gasteiger charge is 2.60. The van der Waals surface area contributed by atoms with Gasteiger partial charge in [-0.3, -0.25) is 14.5 Å². The van der Waals surface area contributed by atoms with Crippen LogP contribution in [0.3, 0.4) is 0 Å². The Morgan fingerprint density at radius 3 is 2.62 bits per heavy atom. The molecule has 1 unspecified atom stereocenters. The highest BCUT2D eigenvalue weighted by molar-refractivity contribution is 8.03. The fourth-order valence-corrected chi connectivity index (χ4v) is 7.09. The normalized spacial score (nSPS) is 32.7. The molecule has 4 heterocycles. The molecule has 34 heavy (non-hydrogen) atoms. The average Bonchev–Trinajstić information content (AvgIpc) is 3.22. The summed E-state index contributed by atoms with van der Waals surface area (Å²) in [5.41, 5.74) is 0.0330. The highest BCUT2D eigenvalue weighted by atomic mass is 35.5. The molecule has 0 aliphatic carbocycles. The molecule has 3 saturated heterocycles. The van der Waals surface area contributed by atoms with Crippen LogP contribution in [0.25, 0.3) is 0 Å². The van der Waals surface area contributed by atoms with E-state index in [1.807, 2.05) is 11.8 Å². The number of amides is 2. The molecule has 0 saturated carbocycles. The summed E-state index contributed by atoms with van der Waals surface area (Å²) in [5, 5.41) is 32.3. The predicted molar refractivity (Wildman–Crippen MR) is 129 cm³/mol. The van der Waals surface area contributed by atoms with Crippen LogP contribution in [0.5, 0.6) is 0 Å². The van der Waals surface area contributed by atoms with Crippen LogP contribution >= 0.6 is 24.2 Å². The first-order chi connectivity index (χ1) is 15.7. The number of β-lactam (4-membered cyclic amide) rings is 1. The van der Waals surface area contributed by atoms with Gasteiger partial charge < -0.3 is 30.4 Å². The zero-order valence-electron chi connectivity index (χ0n) is 19.6. The molecule has 2 amide bonds. The minimum atomic E-state index is -1.13. The van der Waals surface area contributed by atoms with Gasteiger partial charge >= 0.3 is 5.97 Å². The Kier molecular flexibility index (Phi) is 8.91. The average molecular weight is 519 g/mol. The summed E-state index contributed by atoms with van der Waals surface area (Å²) in [7, 11) is 0. The van der Waals surface area contributed by atoms with Gasteiger partial charge in [0, 0.05) is 48.8 Å². The number of carbonyl (C=O) groups excluding carboxylic acids is 2. The fourth-order valence-electron chi connectivity index (χ4n) is 5.62. The van der Waals surface area contributed by atoms with Crippen LogP contribution in [-0.4, -0.2) is 117 Å². The number of rotatable bonds is 7. The second-order valence-electron chi connectivity index (χ2n) is 9.45. The highest BCUT2D eigenvalue weighted by Crippen LogP contribution is 2.51. The molecular formula is C22H35ClN4O6S. The van der Waals surface area contributed by atoms with E-state index in [0.29, 0.717) is 37.5 Å². The predicted octanol–water partition coefficient (Wildman–Crippen LogP) is -0.448. The second-order valence-corrected chi connectivity index (χ2v) is 10.8. The fraction of sp³-hybridized carbons (Fsp3) is 0.773. The van der Waals surface area contributed by atoms with Gasteiger partial charge in [0.05, 0.1) is 30.7 Å². The summed E-state index contributed by atoms with van der Waals surface area (Å²) in [6, 6.07) is -0.627. The summed E-state index contributed by atoms with van der Waals surface area (Å²) in [4.78, 5) is 43.7. The number of aliphatic carboxylic acids is 1. The van der Waals surface area contributed by atoms with Crippen molar-refractivity contribution in [3.63, 3.8) is 0 Å². The molecule has 12 heteroatoms. The quantitative estimate of drug-likeness (QED) is 0.331. The lowest BCUT2D eigenvalue weighted by atomic mass is 9.79. The van der Waals surface area contributed by atoms with Crippen LogP contribution in [0.1, 0.15) is 26.7 Å². The smallest absolute Gasteiger partial charge is 0.353 e. The standard InChI is InChI=1S/C22H34N4O6S.ClH/c1-12-17-16(13(2)28)21(30)26(17)18(22(31)32)19(12)33-14-10-15(23-11-14)20(29)25-5-3-4-24(6-7-25)8-9-27;/h12-17,23,27-28H,3-11H2,1-2H3,(H,31,32);1H/t12-,13?,14+,15+,16-,17-;/m1./s1. The lowest BCUT2D eigenvalue weighted by molar-refractivity contribution is -0.163. The van der Waals surface area contributed by atoms with Crippen molar-refractivity contribution in [1.82, 2.24) is 20.0 Å². The van der Waals surface area contributed by atoms with Crippen LogP contribution in [0, 0.1) is 11.8 Å². The number of aliphatic hydroxyl groups excluding tert-OH is 2. The Balaban J connectivity index is 0.00000324. The molecular weight excluding hydrogens is 484 g/mol. The molecule has 0 aromatic rings. The number of carbonyl (C=O) groups is 3. The van der Waals surface area contributed by atoms with Crippen molar-refractivity contribution in [3.05, 3.63) is 10.6 Å². The Hall–Kier alpha value is -1.37. The van der Waals surface area contributed by atoms with Crippen LogP contribution < -0.4 is 5.32 Å². The Labute approximate surface area is 210 Å². The van der Waals surface area contributed by atoms with Gasteiger partial charge in [-0.05, 0) is 26.3 Å². The number of halogens is 1. The number of hydrogen-bond acceptors (Lipinski definition) is 8. The van der Waals surface area contributed by atoms with Crippen LogP contribution in [0.15, 0.2) is 10.6 Å². The van der Waals surface area contributed by atoms with Crippen molar-refractivity contribution in [3.8, 4) is 0 Å². The summed E-state index contributed by atoms with van der Waals surface area (Å²) in [5.74, 6) is -2.12. The molecule has 4 rings (SSSR count). The topological polar surface area (TPSA) is 134 Å². The van der Waals surface area contributed by atoms with E-state index in [9.17, 15) is 24.6 Å². The van der Waals surface area contributed by atoms with E-state index >= 15 is 0 Å². The summed E-state index contributed by atoms with van der Waals surface area (Å²) < 4.78 is 0. The molecule has 0 bridgehead atoms. The monoisotopic (exact) mass is 518 g/mol. The maximum absolute atomic E-state index is 13.1. The number of nitrogens with zero attached hydrogens (tertiary/aromatic N) is 3. The number of carboxylic acids is 1. The number of thioether (sulfide) groups is 1. The lowest BCUT2D eigenvalue weighted by Gasteiger charge is -2.46. The van der Waals surface area contributed by atoms with Crippen LogP contribution in [-0.2, 0) is 14.4 Å². The Morgan fingerprint density at radius 2 is 1.97 bits per heavy atom. The van der Waals surface area contributed by atoms with Gasteiger partial charge in [0.25, 0.3) is 0 Å². The van der Waals surface area contributed by atoms with E-state index in [2.05, 4.69) is 10.2 Å². The van der Waals surface area contributed by atoms with Crippen molar-refractivity contribution in [2.75, 3.05) is 45.9 Å². The molecule has 0 spiro atoms. The molecule has 0 aromatic heterocycles. The first kappa shape index (κ1) is 27.2. The molecule has 3 fully saturated rings. The van der Waals surface area contributed by atoms with Gasteiger partial charge in [0.2, 0.25) is 11.8 Å². The SMILES string of the molecule is CC(O)[C@H]1C(=O)N2C(C(=O)O)=C(S[C@@H]3CN[C@H](C(=O)N4CCCN(CCO)CC4)C3)[C@H](C)[C@H]12.Cl. The molecule has 4 aliphatic heterocycles. The number of β-amino-alcohol motifs (C(OH)–C–C–N with tert-alkyl or cyclic N) is 1. The first-order valence-corrected chi connectivity index (χ1v) is 12.6. The zero-order valence-corrected chi connectivity index (χ0v) is 21.2. The maximum atomic E-state index is 13.1. The summed E-state index contributed by atoms with van der Waals surface area (Å²) >= 11 is 1.46. The van der Waals surface area contributed by atoms with E-state index in [-0.39, 0.29) is 59.8 Å². The van der Waals surface area contributed by atoms with Gasteiger partial charge in [-0.2, -0.15) is 0 Å². The number of carboxylic acid groups (broad SMARTS) is 1. The third kappa shape index (κ3) is 4.96. The zero-order chi connectivity index (χ0) is 23.9. The van der Waals surface area contributed by atoms with Gasteiger partial charge in [0.1, 0.15) is 5.70 Å². The number of fused-ring (bicyclic) bond motifs is 1. The lowest BCUT2D eigenvalue weighted by Crippen LogP contribution is -2.63. The summed E-state index contributed by atoms with van der Waals surface area (Å²) in [6.07, 6.45) is 0.651. The van der Waals surface area contributed by atoms with Crippen molar-refractivity contribution in [2.24, 2.45) is 11.8 Å². The van der Waals surface area contributed by atoms with Gasteiger partial charge in [-0.1, -0.05) is 6.92 Å². The van der Waals surface area contributed by atoms with E-state index < -0.39 is 18.0 Å². The molecule has 192 valence electrons. The molecule has 4 N–H and O–H groups in total. The maximum Gasteiger partial charge on any atom is 0.353 e. The van der Waals surface area contributed by atoms with Crippen molar-refractivity contribution in [1.29, 1.82) is 0 Å². The van der Waals surface area contributed by atoms with Gasteiger partial charge in [-0.25, -0.2) is 4.79 Å². The second kappa shape index (κ2) is 11.1. The van der Waals surface area contributed by atoms with Gasteiger partial charge in [0.15, 0.2) is 0 Å². The largest absolute Gasteiger partial charge is 0.477 e. The van der Waals surface area contributed by atoms with Crippen LogP contribution in [0.4, 0.5) is 0 Å². The molecule has 10 nitrogen and oxygen atoms in total. The third-order valence-corrected chi connectivity index (χ3v) is 8.82. The van der Waals surface area contributed by atoms with E-state index in [1.165, 1.54) is 16.7 Å². The van der Waals surface area contributed by atoms with Crippen LogP contribution in [0.2, 0.25) is 0 Å². The number of aliphatic hydroxyl groups is 2. The van der Waals surface area contributed by atoms with E-state index in [1.54, 1.807) is 6.92 Å². The molecule has 4 aliphatic rings. The van der Waals surface area contributed by atoms with E-state index in [0.717, 1.165) is 19.5 Å². The number of nitrogens with one attached hydrogen (secondary N) is 1. The van der Waals surface area contributed by atoms with Crippen molar-refractivity contribution >= 4 is 42.0 Å². The molecule has 0 radical (unpaired) electrons. The first-order valence-electron chi connectivity index (χ1n) is 11.7. The minimum absolute atomic E-state index is 0. The third-order valence-electron chi connectivity index (χ3n) is 7.31. The summed E-state index contributed by atoms with van der Waals surface area (Å²) in [6.45, 7) is 7.77. The number of hydrogen-bond donors (Lipinski definition) is 4. The van der Waals surface area contributed by atoms with Crippen molar-refractivity contribution < 1.29 is 29.7 Å². The minimum Gasteiger partial charge on any atom is -0.477 e. The van der Waals surface area contributed by atoms with E-state index in [4.69, 9.17) is 5.11 Å². The van der Waals surface area contributed by atoms with Crippen molar-refractivity contribution in [2.45, 2.75) is 50.1 Å². The molecule has 6 atom stereocenters. The Morgan fingerprint density at radius 1 is 1.24 bits per heavy atom.